The third kappa shape index (κ3) is 6.57. The first-order valence-corrected chi connectivity index (χ1v) is 15.5. The van der Waals surface area contributed by atoms with Gasteiger partial charge in [0.25, 0.3) is 5.78 Å². The van der Waals surface area contributed by atoms with E-state index < -0.39 is 29.3 Å². The van der Waals surface area contributed by atoms with E-state index in [0.717, 1.165) is 18.4 Å². The van der Waals surface area contributed by atoms with E-state index >= 15 is 0 Å². The van der Waals surface area contributed by atoms with Crippen molar-refractivity contribution in [3.8, 4) is 11.5 Å². The Morgan fingerprint density at radius 1 is 1.05 bits per heavy atom. The number of methoxy groups -OCH3 is 1. The van der Waals surface area contributed by atoms with Crippen LogP contribution in [0.4, 0.5) is 9.52 Å². The van der Waals surface area contributed by atoms with Crippen LogP contribution >= 0.6 is 23.1 Å². The summed E-state index contributed by atoms with van der Waals surface area (Å²) in [4.78, 5) is 28.3. The van der Waals surface area contributed by atoms with Crippen molar-refractivity contribution in [2.45, 2.75) is 42.8 Å². The number of ether oxygens (including phenoxy) is 2. The number of anilines is 1. The fraction of sp³-hybridized carbons (Fsp3) is 0.250. The maximum Gasteiger partial charge on any atom is 0.301 e. The first-order valence-electron chi connectivity index (χ1n) is 13.7. The smallest absolute Gasteiger partial charge is 0.301 e. The fourth-order valence-electron chi connectivity index (χ4n) is 4.60. The van der Waals surface area contributed by atoms with Crippen molar-refractivity contribution in [3.63, 3.8) is 0 Å². The molecule has 0 bridgehead atoms. The maximum atomic E-state index is 13.6. The zero-order valence-corrected chi connectivity index (χ0v) is 25.5. The molecular weight excluding hydrogens is 590 g/mol. The van der Waals surface area contributed by atoms with E-state index in [1.807, 2.05) is 31.2 Å². The van der Waals surface area contributed by atoms with Crippen LogP contribution in [0.2, 0.25) is 0 Å². The number of amides is 1. The number of hydrogen-bond acceptors (Lipinski definition) is 9. The van der Waals surface area contributed by atoms with Gasteiger partial charge in [0, 0.05) is 11.3 Å². The van der Waals surface area contributed by atoms with E-state index in [4.69, 9.17) is 9.47 Å². The van der Waals surface area contributed by atoms with Crippen LogP contribution in [0, 0.1) is 12.7 Å². The number of nitrogens with zero attached hydrogens (tertiary/aromatic N) is 3. The van der Waals surface area contributed by atoms with Crippen LogP contribution in [-0.2, 0) is 15.3 Å². The molecule has 11 heteroatoms. The van der Waals surface area contributed by atoms with Crippen molar-refractivity contribution < 1.29 is 28.6 Å². The zero-order chi connectivity index (χ0) is 30.5. The van der Waals surface area contributed by atoms with Crippen molar-refractivity contribution in [2.24, 2.45) is 0 Å². The SMILES string of the molecule is CCCCOc1ccc(C2/C(=C(/O)c3ccc(F)cc3)C(=O)C(=O)N2c2nnc(SCc3ccc(C)cc3)s2)cc1OC. The number of carbonyl (C=O) groups is 2. The van der Waals surface area contributed by atoms with Gasteiger partial charge in [0.15, 0.2) is 15.8 Å². The van der Waals surface area contributed by atoms with Crippen LogP contribution in [0.5, 0.6) is 11.5 Å². The molecule has 3 aromatic carbocycles. The lowest BCUT2D eigenvalue weighted by Gasteiger charge is -2.23. The molecule has 8 nitrogen and oxygen atoms in total. The lowest BCUT2D eigenvalue weighted by atomic mass is 9.95. The van der Waals surface area contributed by atoms with Crippen LogP contribution in [-0.4, -0.2) is 40.7 Å². The molecule has 43 heavy (non-hydrogen) atoms. The van der Waals surface area contributed by atoms with E-state index in [2.05, 4.69) is 17.1 Å². The van der Waals surface area contributed by atoms with Gasteiger partial charge in [0.05, 0.1) is 25.3 Å². The number of aliphatic hydroxyl groups is 1. The maximum absolute atomic E-state index is 13.6. The summed E-state index contributed by atoms with van der Waals surface area (Å²) in [5.74, 6) is -1.10. The van der Waals surface area contributed by atoms with Gasteiger partial charge in [-0.05, 0) is 60.9 Å². The second kappa shape index (κ2) is 13.4. The Hall–Kier alpha value is -4.22. The molecule has 1 saturated heterocycles. The molecule has 1 amide bonds. The predicted molar refractivity (Wildman–Crippen MR) is 165 cm³/mol. The molecule has 1 N–H and O–H groups in total. The Kier molecular flexibility index (Phi) is 9.42. The van der Waals surface area contributed by atoms with Crippen molar-refractivity contribution >= 4 is 45.7 Å². The summed E-state index contributed by atoms with van der Waals surface area (Å²) < 4.78 is 25.7. The standard InChI is InChI=1S/C32H30FN3O5S2/c1-4-5-16-41-24-15-12-22(17-25(24)40-3)27-26(28(37)21-10-13-23(33)14-11-21)29(38)30(39)36(27)31-34-35-32(43-31)42-18-20-8-6-19(2)7-9-20/h6-15,17,27,37H,4-5,16,18H2,1-3H3/b28-26-. The predicted octanol–water partition coefficient (Wildman–Crippen LogP) is 7.09. The summed E-state index contributed by atoms with van der Waals surface area (Å²) in [6, 6.07) is 17.3. The first kappa shape index (κ1) is 30.2. The molecule has 0 aliphatic carbocycles. The van der Waals surface area contributed by atoms with Crippen LogP contribution in [0.3, 0.4) is 0 Å². The molecule has 4 aromatic rings. The molecule has 1 aromatic heterocycles. The van der Waals surface area contributed by atoms with Crippen LogP contribution in [0.1, 0.15) is 48.1 Å². The second-order valence-corrected chi connectivity index (χ2v) is 12.1. The summed E-state index contributed by atoms with van der Waals surface area (Å²) >= 11 is 2.65. The lowest BCUT2D eigenvalue weighted by molar-refractivity contribution is -0.132. The Balaban J connectivity index is 1.55. The van der Waals surface area contributed by atoms with Gasteiger partial charge in [-0.1, -0.05) is 72.3 Å². The molecule has 1 atom stereocenters. The minimum absolute atomic E-state index is 0.151. The van der Waals surface area contributed by atoms with Crippen LogP contribution < -0.4 is 14.4 Å². The van der Waals surface area contributed by atoms with Gasteiger partial charge in [-0.25, -0.2) is 4.39 Å². The van der Waals surface area contributed by atoms with Crippen molar-refractivity contribution in [1.82, 2.24) is 10.2 Å². The van der Waals surface area contributed by atoms with Crippen molar-refractivity contribution in [1.29, 1.82) is 0 Å². The summed E-state index contributed by atoms with van der Waals surface area (Å²) in [7, 11) is 1.50. The van der Waals surface area contributed by atoms with Crippen LogP contribution in [0.15, 0.2) is 76.6 Å². The van der Waals surface area contributed by atoms with Gasteiger partial charge < -0.3 is 14.6 Å². The van der Waals surface area contributed by atoms with Gasteiger partial charge in [0.1, 0.15) is 11.6 Å². The number of Topliss-reactive ketones (excluding diaryl/α,β-unsaturated/α-hetero) is 1. The highest BCUT2D eigenvalue weighted by Gasteiger charge is 2.48. The van der Waals surface area contributed by atoms with E-state index in [1.54, 1.807) is 18.2 Å². The number of benzene rings is 3. The highest BCUT2D eigenvalue weighted by atomic mass is 32.2. The van der Waals surface area contributed by atoms with Gasteiger partial charge in [0.2, 0.25) is 5.13 Å². The second-order valence-electron chi connectivity index (χ2n) is 9.91. The Morgan fingerprint density at radius 3 is 2.49 bits per heavy atom. The molecule has 1 aliphatic rings. The Bertz CT molecular complexity index is 1650. The van der Waals surface area contributed by atoms with Crippen molar-refractivity contribution in [2.75, 3.05) is 18.6 Å². The van der Waals surface area contributed by atoms with Gasteiger partial charge in [-0.3, -0.25) is 14.5 Å². The number of unbranched alkanes of at least 4 members (excludes halogenated alkanes) is 1. The molecule has 222 valence electrons. The van der Waals surface area contributed by atoms with Gasteiger partial charge in [-0.15, -0.1) is 10.2 Å². The monoisotopic (exact) mass is 619 g/mol. The summed E-state index contributed by atoms with van der Waals surface area (Å²) in [6.07, 6.45) is 1.83. The van der Waals surface area contributed by atoms with Crippen LogP contribution in [0.25, 0.3) is 5.76 Å². The summed E-state index contributed by atoms with van der Waals surface area (Å²) in [5, 5.41) is 20.1. The Labute approximate surface area is 257 Å². The zero-order valence-electron chi connectivity index (χ0n) is 23.9. The highest BCUT2D eigenvalue weighted by Crippen LogP contribution is 2.45. The molecule has 5 rings (SSSR count). The number of rotatable bonds is 11. The number of thioether (sulfide) groups is 1. The number of halogens is 1. The third-order valence-electron chi connectivity index (χ3n) is 6.91. The normalized spacial score (nSPS) is 16.1. The number of aromatic nitrogens is 2. The molecule has 0 spiro atoms. The van der Waals surface area contributed by atoms with E-state index in [9.17, 15) is 19.1 Å². The minimum Gasteiger partial charge on any atom is -0.507 e. The highest BCUT2D eigenvalue weighted by molar-refractivity contribution is 8.00. The largest absolute Gasteiger partial charge is 0.507 e. The molecule has 0 radical (unpaired) electrons. The lowest BCUT2D eigenvalue weighted by Crippen LogP contribution is -2.29. The van der Waals surface area contributed by atoms with Gasteiger partial charge in [-0.2, -0.15) is 0 Å². The molecule has 1 fully saturated rings. The number of ketones is 1. The topological polar surface area (TPSA) is 102 Å². The number of aliphatic hydroxyl groups excluding tert-OH is 1. The molecular formula is C32H30FN3O5S2. The summed E-state index contributed by atoms with van der Waals surface area (Å²) in [6.45, 7) is 4.59. The quantitative estimate of drug-likeness (QED) is 0.0474. The Morgan fingerprint density at radius 2 is 1.79 bits per heavy atom. The average molecular weight is 620 g/mol. The minimum atomic E-state index is -1.05. The number of carbonyl (C=O) groups excluding carboxylic acids is 2. The molecule has 0 saturated carbocycles. The number of aryl methyl sites for hydroxylation is 1. The molecule has 2 heterocycles. The average Bonchev–Trinajstić information content (AvgIpc) is 3.59. The first-order chi connectivity index (χ1) is 20.8. The number of hydrogen-bond donors (Lipinski definition) is 1. The van der Waals surface area contributed by atoms with Gasteiger partial charge >= 0.3 is 5.91 Å². The molecule has 1 unspecified atom stereocenters. The molecule has 1 aliphatic heterocycles. The third-order valence-corrected chi connectivity index (χ3v) is 9.03. The van der Waals surface area contributed by atoms with E-state index in [0.29, 0.717) is 33.8 Å². The summed E-state index contributed by atoms with van der Waals surface area (Å²) in [5.41, 5.74) is 2.82. The van der Waals surface area contributed by atoms with E-state index in [-0.39, 0.29) is 16.3 Å². The van der Waals surface area contributed by atoms with Crippen molar-refractivity contribution in [3.05, 3.63) is 100 Å². The fourth-order valence-corrected chi connectivity index (χ4v) is 6.42. The van der Waals surface area contributed by atoms with E-state index in [1.165, 1.54) is 64.9 Å².